The van der Waals surface area contributed by atoms with Gasteiger partial charge >= 0.3 is 0 Å². The molecule has 0 fully saturated rings. The molecule has 31 heavy (non-hydrogen) atoms. The summed E-state index contributed by atoms with van der Waals surface area (Å²) < 4.78 is 28.5. The molecule has 2 rings (SSSR count). The number of carbonyl (C=O) groups is 1. The maximum absolute atomic E-state index is 14.3. The molecule has 6 nitrogen and oxygen atoms in total. The number of likely N-dealkylation sites (N-methyl/N-ethyl adjacent to an activating group) is 1. The topological polar surface area (TPSA) is 60.0 Å². The van der Waals surface area contributed by atoms with Crippen LogP contribution in [0.3, 0.4) is 0 Å². The number of benzene rings is 2. The Morgan fingerprint density at radius 1 is 1.00 bits per heavy atom. The fourth-order valence-electron chi connectivity index (χ4n) is 3.09. The Bertz CT molecular complexity index is 877. The first-order valence-electron chi connectivity index (χ1n) is 10.2. The smallest absolute Gasteiger partial charge is 0.253 e. The van der Waals surface area contributed by atoms with E-state index in [9.17, 15) is 13.6 Å². The second kappa shape index (κ2) is 11.4. The van der Waals surface area contributed by atoms with E-state index in [2.05, 4.69) is 15.6 Å². The van der Waals surface area contributed by atoms with Crippen LogP contribution in [0.1, 0.15) is 34.5 Å². The molecule has 0 spiro atoms. The van der Waals surface area contributed by atoms with Crippen molar-refractivity contribution in [2.75, 3.05) is 41.3 Å². The van der Waals surface area contributed by atoms with Crippen molar-refractivity contribution in [3.8, 4) is 0 Å². The summed E-state index contributed by atoms with van der Waals surface area (Å²) in [6.45, 7) is 3.25. The van der Waals surface area contributed by atoms with Gasteiger partial charge < -0.3 is 20.4 Å². The zero-order valence-electron chi connectivity index (χ0n) is 18.7. The molecule has 0 heterocycles. The van der Waals surface area contributed by atoms with Crippen molar-refractivity contribution < 1.29 is 13.6 Å². The molecule has 168 valence electrons. The van der Waals surface area contributed by atoms with Gasteiger partial charge in [0.2, 0.25) is 0 Å². The highest BCUT2D eigenvalue weighted by molar-refractivity contribution is 5.93. The summed E-state index contributed by atoms with van der Waals surface area (Å²) in [5.74, 6) is -0.663. The maximum Gasteiger partial charge on any atom is 0.253 e. The summed E-state index contributed by atoms with van der Waals surface area (Å²) >= 11 is 0. The van der Waals surface area contributed by atoms with E-state index in [-0.39, 0.29) is 18.0 Å². The van der Waals surface area contributed by atoms with Crippen LogP contribution in [-0.4, -0.2) is 62.9 Å². The van der Waals surface area contributed by atoms with Crippen molar-refractivity contribution in [2.45, 2.75) is 19.5 Å². The second-order valence-corrected chi connectivity index (χ2v) is 7.59. The molecule has 0 saturated carbocycles. The Morgan fingerprint density at radius 3 is 2.13 bits per heavy atom. The van der Waals surface area contributed by atoms with Crippen molar-refractivity contribution in [3.05, 3.63) is 70.8 Å². The molecule has 0 aliphatic carbocycles. The van der Waals surface area contributed by atoms with Crippen LogP contribution < -0.4 is 10.6 Å². The van der Waals surface area contributed by atoms with Gasteiger partial charge in [0.1, 0.15) is 11.6 Å². The van der Waals surface area contributed by atoms with Crippen LogP contribution >= 0.6 is 0 Å². The van der Waals surface area contributed by atoms with E-state index >= 15 is 0 Å². The fraction of sp³-hybridized carbons (Fsp3) is 0.391. The van der Waals surface area contributed by atoms with Gasteiger partial charge in [-0.3, -0.25) is 4.79 Å². The van der Waals surface area contributed by atoms with E-state index in [1.165, 1.54) is 23.1 Å². The van der Waals surface area contributed by atoms with Crippen LogP contribution in [0, 0.1) is 11.6 Å². The Morgan fingerprint density at radius 2 is 1.61 bits per heavy atom. The van der Waals surface area contributed by atoms with E-state index < -0.39 is 17.7 Å². The molecule has 0 bridgehead atoms. The first kappa shape index (κ1) is 24.3. The average molecular weight is 432 g/mol. The number of carbonyl (C=O) groups excluding carboxylic acids is 1. The lowest BCUT2D eigenvalue weighted by atomic mass is 10.0. The minimum Gasteiger partial charge on any atom is -0.357 e. The minimum atomic E-state index is -0.574. The Kier molecular flexibility index (Phi) is 8.93. The third-order valence-electron chi connectivity index (χ3n) is 4.79. The summed E-state index contributed by atoms with van der Waals surface area (Å²) in [5.41, 5.74) is 1.58. The van der Waals surface area contributed by atoms with Gasteiger partial charge in [0.05, 0.1) is 12.6 Å². The number of hydrogen-bond acceptors (Lipinski definition) is 3. The van der Waals surface area contributed by atoms with Gasteiger partial charge in [-0.1, -0.05) is 18.2 Å². The third-order valence-corrected chi connectivity index (χ3v) is 4.79. The number of amides is 1. The molecule has 2 aromatic carbocycles. The van der Waals surface area contributed by atoms with Crippen molar-refractivity contribution in [2.24, 2.45) is 4.99 Å². The number of nitrogens with one attached hydrogen (secondary N) is 2. The average Bonchev–Trinajstić information content (AvgIpc) is 2.73. The number of rotatable bonds is 8. The van der Waals surface area contributed by atoms with Crippen molar-refractivity contribution in [1.82, 2.24) is 20.4 Å². The predicted octanol–water partition coefficient (Wildman–Crippen LogP) is 3.02. The van der Waals surface area contributed by atoms with Crippen LogP contribution in [0.2, 0.25) is 0 Å². The Hall–Kier alpha value is -3.00. The third kappa shape index (κ3) is 6.75. The first-order valence-corrected chi connectivity index (χ1v) is 10.2. The monoisotopic (exact) mass is 431 g/mol. The normalized spacial score (nSPS) is 12.6. The van der Waals surface area contributed by atoms with Crippen molar-refractivity contribution in [1.29, 1.82) is 0 Å². The quantitative estimate of drug-likeness (QED) is 0.498. The summed E-state index contributed by atoms with van der Waals surface area (Å²) in [5, 5.41) is 6.32. The van der Waals surface area contributed by atoms with Gasteiger partial charge in [-0.2, -0.15) is 0 Å². The lowest BCUT2D eigenvalue weighted by Gasteiger charge is -2.26. The minimum absolute atomic E-state index is 0.0250. The van der Waals surface area contributed by atoms with Gasteiger partial charge in [0.15, 0.2) is 5.96 Å². The highest BCUT2D eigenvalue weighted by atomic mass is 19.1. The van der Waals surface area contributed by atoms with Gasteiger partial charge in [0, 0.05) is 38.3 Å². The highest BCUT2D eigenvalue weighted by Crippen LogP contribution is 2.23. The fourth-order valence-corrected chi connectivity index (χ4v) is 3.09. The summed E-state index contributed by atoms with van der Waals surface area (Å²) in [4.78, 5) is 19.8. The SMILES string of the molecule is CCNC(=NCc1ccc(C(=O)N(C)C)cc1)NCC(c1c(F)cccc1F)N(C)C. The van der Waals surface area contributed by atoms with Crippen LogP contribution in [-0.2, 0) is 6.54 Å². The van der Waals surface area contributed by atoms with E-state index in [0.717, 1.165) is 5.56 Å². The molecule has 0 aliphatic rings. The summed E-state index contributed by atoms with van der Waals surface area (Å²) in [6.07, 6.45) is 0. The molecule has 1 unspecified atom stereocenters. The number of aliphatic imine (C=N–C) groups is 1. The summed E-state index contributed by atoms with van der Waals surface area (Å²) in [7, 11) is 6.98. The highest BCUT2D eigenvalue weighted by Gasteiger charge is 2.22. The van der Waals surface area contributed by atoms with Gasteiger partial charge in [-0.05, 0) is 50.8 Å². The van der Waals surface area contributed by atoms with E-state index in [1.807, 2.05) is 19.1 Å². The first-order chi connectivity index (χ1) is 14.7. The second-order valence-electron chi connectivity index (χ2n) is 7.59. The molecule has 2 aromatic rings. The molecular weight excluding hydrogens is 400 g/mol. The predicted molar refractivity (Wildman–Crippen MR) is 120 cm³/mol. The van der Waals surface area contributed by atoms with Crippen LogP contribution in [0.4, 0.5) is 8.78 Å². The maximum atomic E-state index is 14.3. The molecule has 1 amide bonds. The van der Waals surface area contributed by atoms with E-state index in [0.29, 0.717) is 24.6 Å². The molecule has 0 aliphatic heterocycles. The van der Waals surface area contributed by atoms with Crippen molar-refractivity contribution in [3.63, 3.8) is 0 Å². The molecular formula is C23H31F2N5O. The van der Waals surface area contributed by atoms with E-state index in [1.54, 1.807) is 45.2 Å². The molecule has 2 N–H and O–H groups in total. The lowest BCUT2D eigenvalue weighted by Crippen LogP contribution is -2.42. The Balaban J connectivity index is 2.11. The number of halogens is 2. The number of nitrogens with zero attached hydrogens (tertiary/aromatic N) is 3. The molecule has 8 heteroatoms. The van der Waals surface area contributed by atoms with Crippen molar-refractivity contribution >= 4 is 11.9 Å². The van der Waals surface area contributed by atoms with E-state index in [4.69, 9.17) is 0 Å². The van der Waals surface area contributed by atoms with Crippen LogP contribution in [0.15, 0.2) is 47.5 Å². The zero-order chi connectivity index (χ0) is 23.0. The van der Waals surface area contributed by atoms with Gasteiger partial charge in [0.25, 0.3) is 5.91 Å². The number of guanidine groups is 1. The molecule has 0 aromatic heterocycles. The number of hydrogen-bond donors (Lipinski definition) is 2. The Labute approximate surface area is 183 Å². The standard InChI is InChI=1S/C23H31F2N5O/c1-6-26-23(27-14-16-10-12-17(13-11-16)22(31)30(4)5)28-15-20(29(2)3)21-18(24)8-7-9-19(21)25/h7-13,20H,6,14-15H2,1-5H3,(H2,26,27,28). The molecule has 1 atom stereocenters. The zero-order valence-corrected chi connectivity index (χ0v) is 18.7. The molecule has 0 saturated heterocycles. The van der Waals surface area contributed by atoms with Crippen LogP contribution in [0.5, 0.6) is 0 Å². The van der Waals surface area contributed by atoms with Gasteiger partial charge in [-0.25, -0.2) is 13.8 Å². The molecule has 0 radical (unpaired) electrons. The van der Waals surface area contributed by atoms with Crippen LogP contribution in [0.25, 0.3) is 0 Å². The van der Waals surface area contributed by atoms with Gasteiger partial charge in [-0.15, -0.1) is 0 Å². The lowest BCUT2D eigenvalue weighted by molar-refractivity contribution is 0.0827. The summed E-state index contributed by atoms with van der Waals surface area (Å²) in [6, 6.07) is 10.6. The largest absolute Gasteiger partial charge is 0.357 e.